The van der Waals surface area contributed by atoms with E-state index in [0.29, 0.717) is 13.2 Å². The van der Waals surface area contributed by atoms with Crippen molar-refractivity contribution in [2.45, 2.75) is 25.6 Å². The Morgan fingerprint density at radius 2 is 2.07 bits per heavy atom. The number of rotatable bonds is 1. The fourth-order valence-corrected chi connectivity index (χ4v) is 1.61. The first kappa shape index (κ1) is 9.68. The molecule has 0 saturated carbocycles. The van der Waals surface area contributed by atoms with Crippen LogP contribution in [-0.2, 0) is 16.5 Å². The second-order valence-corrected chi connectivity index (χ2v) is 4.12. The van der Waals surface area contributed by atoms with Crippen molar-refractivity contribution in [3.05, 3.63) is 18.2 Å². The van der Waals surface area contributed by atoms with Gasteiger partial charge in [0.1, 0.15) is 5.82 Å². The van der Waals surface area contributed by atoms with Crippen molar-refractivity contribution in [3.63, 3.8) is 0 Å². The van der Waals surface area contributed by atoms with Gasteiger partial charge in [-0.15, -0.1) is 0 Å². The Morgan fingerprint density at radius 3 is 2.57 bits per heavy atom. The Bertz CT molecular complexity index is 310. The van der Waals surface area contributed by atoms with Gasteiger partial charge in [-0.1, -0.05) is 0 Å². The Morgan fingerprint density at radius 1 is 1.43 bits per heavy atom. The number of ether oxygens (including phenoxy) is 2. The highest BCUT2D eigenvalue weighted by Gasteiger charge is 2.30. The molecule has 14 heavy (non-hydrogen) atoms. The lowest BCUT2D eigenvalue weighted by Crippen LogP contribution is -2.38. The third kappa shape index (κ3) is 1.81. The Hall–Kier alpha value is -0.870. The van der Waals surface area contributed by atoms with E-state index >= 15 is 0 Å². The maximum Gasteiger partial charge on any atom is 0.162 e. The lowest BCUT2D eigenvalue weighted by Gasteiger charge is -2.34. The van der Waals surface area contributed by atoms with Gasteiger partial charge in [0.05, 0.1) is 19.1 Å². The van der Waals surface area contributed by atoms with Gasteiger partial charge in [0.25, 0.3) is 0 Å². The summed E-state index contributed by atoms with van der Waals surface area (Å²) in [4.78, 5) is 4.29. The highest BCUT2D eigenvalue weighted by Crippen LogP contribution is 2.25. The van der Waals surface area contributed by atoms with Gasteiger partial charge in [0, 0.05) is 19.4 Å². The molecular weight excluding hydrogens is 180 g/mol. The highest BCUT2D eigenvalue weighted by molar-refractivity contribution is 5.01. The van der Waals surface area contributed by atoms with Gasteiger partial charge >= 0.3 is 0 Å². The molecule has 0 aromatic carbocycles. The summed E-state index contributed by atoms with van der Waals surface area (Å²) in [5.74, 6) is 0.838. The van der Waals surface area contributed by atoms with E-state index in [2.05, 4.69) is 4.98 Å². The molecule has 1 saturated heterocycles. The standard InChI is InChI=1S/C10H16N2O2/c1-10(2)13-6-8(7-14-10)9-11-4-5-12(9)3/h4-5,8H,6-7H2,1-3H3. The van der Waals surface area contributed by atoms with Crippen LogP contribution in [0.1, 0.15) is 25.6 Å². The van der Waals surface area contributed by atoms with E-state index < -0.39 is 5.79 Å². The van der Waals surface area contributed by atoms with Crippen molar-refractivity contribution in [1.82, 2.24) is 9.55 Å². The average Bonchev–Trinajstić information content (AvgIpc) is 2.52. The maximum atomic E-state index is 5.58. The molecule has 0 N–H and O–H groups in total. The predicted molar refractivity (Wildman–Crippen MR) is 51.9 cm³/mol. The molecule has 78 valence electrons. The minimum Gasteiger partial charge on any atom is -0.350 e. The Balaban J connectivity index is 2.06. The average molecular weight is 196 g/mol. The summed E-state index contributed by atoms with van der Waals surface area (Å²) < 4.78 is 13.2. The number of aryl methyl sites for hydroxylation is 1. The first-order chi connectivity index (χ1) is 6.58. The van der Waals surface area contributed by atoms with E-state index in [1.54, 1.807) is 6.20 Å². The molecule has 2 heterocycles. The monoisotopic (exact) mass is 196 g/mol. The number of aromatic nitrogens is 2. The molecule has 4 heteroatoms. The van der Waals surface area contributed by atoms with Gasteiger partial charge in [-0.2, -0.15) is 0 Å². The van der Waals surface area contributed by atoms with E-state index in [0.717, 1.165) is 5.82 Å². The SMILES string of the molecule is Cn1ccnc1C1COC(C)(C)OC1. The van der Waals surface area contributed by atoms with Crippen LogP contribution >= 0.6 is 0 Å². The number of hydrogen-bond donors (Lipinski definition) is 0. The number of nitrogens with zero attached hydrogens (tertiary/aromatic N) is 2. The van der Waals surface area contributed by atoms with E-state index in [9.17, 15) is 0 Å². The minimum atomic E-state index is -0.443. The van der Waals surface area contributed by atoms with Crippen molar-refractivity contribution in [1.29, 1.82) is 0 Å². The minimum absolute atomic E-state index is 0.253. The highest BCUT2D eigenvalue weighted by atomic mass is 16.7. The molecule has 0 spiro atoms. The van der Waals surface area contributed by atoms with Crippen molar-refractivity contribution < 1.29 is 9.47 Å². The van der Waals surface area contributed by atoms with Gasteiger partial charge in [-0.05, 0) is 13.8 Å². The Kier molecular flexibility index (Phi) is 2.33. The molecule has 0 atom stereocenters. The van der Waals surface area contributed by atoms with E-state index in [1.165, 1.54) is 0 Å². The topological polar surface area (TPSA) is 36.3 Å². The fraction of sp³-hybridized carbons (Fsp3) is 0.700. The zero-order valence-electron chi connectivity index (χ0n) is 8.86. The first-order valence-corrected chi connectivity index (χ1v) is 4.83. The molecule has 0 bridgehead atoms. The van der Waals surface area contributed by atoms with Gasteiger partial charge in [-0.3, -0.25) is 0 Å². The quantitative estimate of drug-likeness (QED) is 0.679. The summed E-state index contributed by atoms with van der Waals surface area (Å²) in [6, 6.07) is 0. The van der Waals surface area contributed by atoms with E-state index in [4.69, 9.17) is 9.47 Å². The molecule has 1 aliphatic rings. The van der Waals surface area contributed by atoms with Crippen LogP contribution in [0.2, 0.25) is 0 Å². The van der Waals surface area contributed by atoms with Gasteiger partial charge in [-0.25, -0.2) is 4.98 Å². The van der Waals surface area contributed by atoms with Gasteiger partial charge in [0.15, 0.2) is 5.79 Å². The Labute approximate surface area is 83.8 Å². The molecule has 1 aliphatic heterocycles. The van der Waals surface area contributed by atoms with Crippen molar-refractivity contribution in [2.75, 3.05) is 13.2 Å². The molecule has 1 aromatic rings. The molecule has 2 rings (SSSR count). The third-order valence-electron chi connectivity index (χ3n) is 2.49. The normalized spacial score (nSPS) is 22.5. The summed E-state index contributed by atoms with van der Waals surface area (Å²) in [6.07, 6.45) is 3.74. The lowest BCUT2D eigenvalue weighted by atomic mass is 10.1. The molecule has 0 unspecified atom stereocenters. The number of hydrogen-bond acceptors (Lipinski definition) is 3. The largest absolute Gasteiger partial charge is 0.350 e. The molecule has 1 fully saturated rings. The predicted octanol–water partition coefficient (Wildman–Crippen LogP) is 1.29. The fourth-order valence-electron chi connectivity index (χ4n) is 1.61. The molecular formula is C10H16N2O2. The summed E-state index contributed by atoms with van der Waals surface area (Å²) in [7, 11) is 1.99. The summed E-state index contributed by atoms with van der Waals surface area (Å²) in [5, 5.41) is 0. The maximum absolute atomic E-state index is 5.58. The lowest BCUT2D eigenvalue weighted by molar-refractivity contribution is -0.252. The zero-order valence-corrected chi connectivity index (χ0v) is 8.86. The smallest absolute Gasteiger partial charge is 0.162 e. The van der Waals surface area contributed by atoms with Crippen LogP contribution in [0.4, 0.5) is 0 Å². The van der Waals surface area contributed by atoms with Crippen LogP contribution in [0.5, 0.6) is 0 Å². The molecule has 0 amide bonds. The summed E-state index contributed by atoms with van der Waals surface area (Å²) >= 11 is 0. The van der Waals surface area contributed by atoms with E-state index in [1.807, 2.05) is 31.7 Å². The van der Waals surface area contributed by atoms with Crippen molar-refractivity contribution in [2.24, 2.45) is 7.05 Å². The van der Waals surface area contributed by atoms with Crippen molar-refractivity contribution >= 4 is 0 Å². The zero-order chi connectivity index (χ0) is 10.2. The second kappa shape index (κ2) is 3.37. The molecule has 1 aromatic heterocycles. The van der Waals surface area contributed by atoms with Crippen LogP contribution in [0.15, 0.2) is 12.4 Å². The van der Waals surface area contributed by atoms with Gasteiger partial charge < -0.3 is 14.0 Å². The molecule has 0 aliphatic carbocycles. The van der Waals surface area contributed by atoms with E-state index in [-0.39, 0.29) is 5.92 Å². The van der Waals surface area contributed by atoms with Crippen LogP contribution in [0.3, 0.4) is 0 Å². The van der Waals surface area contributed by atoms with Crippen LogP contribution in [-0.4, -0.2) is 28.6 Å². The molecule has 4 nitrogen and oxygen atoms in total. The van der Waals surface area contributed by atoms with Crippen LogP contribution < -0.4 is 0 Å². The third-order valence-corrected chi connectivity index (χ3v) is 2.49. The summed E-state index contributed by atoms with van der Waals surface area (Å²) in [6.45, 7) is 5.22. The van der Waals surface area contributed by atoms with Gasteiger partial charge in [0.2, 0.25) is 0 Å². The van der Waals surface area contributed by atoms with Crippen molar-refractivity contribution in [3.8, 4) is 0 Å². The number of imidazole rings is 1. The first-order valence-electron chi connectivity index (χ1n) is 4.83. The summed E-state index contributed by atoms with van der Waals surface area (Å²) in [5.41, 5.74) is 0. The second-order valence-electron chi connectivity index (χ2n) is 4.12. The van der Waals surface area contributed by atoms with Crippen LogP contribution in [0, 0.1) is 0 Å². The van der Waals surface area contributed by atoms with Crippen LogP contribution in [0.25, 0.3) is 0 Å². The molecule has 0 radical (unpaired) electrons.